The van der Waals surface area contributed by atoms with Gasteiger partial charge in [-0.05, 0) is 13.8 Å². The van der Waals surface area contributed by atoms with Crippen LogP contribution in [0.15, 0.2) is 18.6 Å². The third-order valence-electron chi connectivity index (χ3n) is 3.75. The molecule has 1 N–H and O–H groups in total. The Bertz CT molecular complexity index is 611. The van der Waals surface area contributed by atoms with Crippen LogP contribution in [0.25, 0.3) is 0 Å². The van der Waals surface area contributed by atoms with Gasteiger partial charge in [0.15, 0.2) is 0 Å². The maximum absolute atomic E-state index is 12.3. The normalized spacial score (nSPS) is 15.3. The van der Waals surface area contributed by atoms with Crippen molar-refractivity contribution in [1.29, 1.82) is 0 Å². The van der Waals surface area contributed by atoms with E-state index in [1.807, 2.05) is 18.7 Å². The van der Waals surface area contributed by atoms with Crippen LogP contribution < -0.4 is 4.90 Å². The van der Waals surface area contributed by atoms with E-state index in [0.717, 1.165) is 30.2 Å². The predicted octanol–water partition coefficient (Wildman–Crippen LogP) is 0.779. The van der Waals surface area contributed by atoms with Gasteiger partial charge in [-0.3, -0.25) is 14.9 Å². The Morgan fingerprint density at radius 2 is 1.95 bits per heavy atom. The molecule has 0 aliphatic carbocycles. The molecule has 3 rings (SSSR count). The summed E-state index contributed by atoms with van der Waals surface area (Å²) in [4.78, 5) is 24.4. The van der Waals surface area contributed by atoms with Crippen molar-refractivity contribution in [3.63, 3.8) is 0 Å². The number of anilines is 1. The Kier molecular flexibility index (Phi) is 3.55. The molecule has 0 unspecified atom stereocenters. The zero-order chi connectivity index (χ0) is 14.8. The van der Waals surface area contributed by atoms with Gasteiger partial charge in [0.25, 0.3) is 5.91 Å². The largest absolute Gasteiger partial charge is 0.365 e. The molecule has 21 heavy (non-hydrogen) atoms. The summed E-state index contributed by atoms with van der Waals surface area (Å²) in [5.74, 6) is -0.0524. The highest BCUT2D eigenvalue weighted by Gasteiger charge is 2.25. The van der Waals surface area contributed by atoms with Gasteiger partial charge < -0.3 is 9.80 Å². The number of hydrogen-bond acceptors (Lipinski definition) is 5. The second kappa shape index (κ2) is 5.51. The van der Waals surface area contributed by atoms with Crippen molar-refractivity contribution in [3.05, 3.63) is 35.7 Å². The zero-order valence-electron chi connectivity index (χ0n) is 12.2. The number of aromatic nitrogens is 4. The minimum Gasteiger partial charge on any atom is -0.365 e. The number of aromatic amines is 1. The van der Waals surface area contributed by atoms with E-state index in [4.69, 9.17) is 0 Å². The summed E-state index contributed by atoms with van der Waals surface area (Å²) in [6.07, 6.45) is 4.62. The van der Waals surface area contributed by atoms with Gasteiger partial charge in [0.2, 0.25) is 0 Å². The number of carbonyl (C=O) groups excluding carboxylic acids is 1. The lowest BCUT2D eigenvalue weighted by molar-refractivity contribution is 0.0740. The Morgan fingerprint density at radius 1 is 1.19 bits per heavy atom. The van der Waals surface area contributed by atoms with Crippen LogP contribution in [0.5, 0.6) is 0 Å². The Hall–Kier alpha value is -2.44. The standard InChI is InChI=1S/C14H18N6O/c1-10-13(11(2)18-17-10)19-5-7-20(8-6-19)14(21)12-9-15-3-4-16-12/h3-4,9H,5-8H2,1-2H3,(H,17,18). The van der Waals surface area contributed by atoms with Crippen LogP contribution in [0, 0.1) is 13.8 Å². The topological polar surface area (TPSA) is 78.0 Å². The van der Waals surface area contributed by atoms with Crippen molar-refractivity contribution in [2.75, 3.05) is 31.1 Å². The first-order chi connectivity index (χ1) is 10.2. The Balaban J connectivity index is 1.67. The number of hydrogen-bond donors (Lipinski definition) is 1. The van der Waals surface area contributed by atoms with Crippen LogP contribution in [0.4, 0.5) is 5.69 Å². The van der Waals surface area contributed by atoms with E-state index in [0.29, 0.717) is 18.8 Å². The van der Waals surface area contributed by atoms with E-state index >= 15 is 0 Å². The molecule has 110 valence electrons. The first kappa shape index (κ1) is 13.5. The minimum absolute atomic E-state index is 0.0524. The molecule has 1 fully saturated rings. The SMILES string of the molecule is Cc1n[nH]c(C)c1N1CCN(C(=O)c2cnccn2)CC1. The summed E-state index contributed by atoms with van der Waals surface area (Å²) >= 11 is 0. The molecule has 1 aliphatic heterocycles. The highest BCUT2D eigenvalue weighted by molar-refractivity contribution is 5.92. The quantitative estimate of drug-likeness (QED) is 0.882. The van der Waals surface area contributed by atoms with Gasteiger partial charge in [0, 0.05) is 38.6 Å². The van der Waals surface area contributed by atoms with E-state index in [1.165, 1.54) is 6.20 Å². The molecular formula is C14H18N6O. The minimum atomic E-state index is -0.0524. The van der Waals surface area contributed by atoms with Gasteiger partial charge >= 0.3 is 0 Å². The van der Waals surface area contributed by atoms with Crippen molar-refractivity contribution in [3.8, 4) is 0 Å². The number of nitrogens with zero attached hydrogens (tertiary/aromatic N) is 5. The van der Waals surface area contributed by atoms with Crippen LogP contribution >= 0.6 is 0 Å². The summed E-state index contributed by atoms with van der Waals surface area (Å²) in [5.41, 5.74) is 3.63. The molecule has 0 aromatic carbocycles. The molecule has 2 aromatic heterocycles. The number of carbonyl (C=O) groups is 1. The number of rotatable bonds is 2. The average Bonchev–Trinajstić information content (AvgIpc) is 2.87. The van der Waals surface area contributed by atoms with Crippen LogP contribution in [0.1, 0.15) is 21.9 Å². The smallest absolute Gasteiger partial charge is 0.274 e. The fourth-order valence-electron chi connectivity index (χ4n) is 2.72. The first-order valence-corrected chi connectivity index (χ1v) is 6.98. The molecule has 1 aliphatic rings. The monoisotopic (exact) mass is 286 g/mol. The molecule has 0 saturated carbocycles. The number of H-pyrrole nitrogens is 1. The second-order valence-corrected chi connectivity index (χ2v) is 5.15. The van der Waals surface area contributed by atoms with Crippen molar-refractivity contribution in [2.45, 2.75) is 13.8 Å². The molecule has 1 amide bonds. The predicted molar refractivity (Wildman–Crippen MR) is 78.2 cm³/mol. The summed E-state index contributed by atoms with van der Waals surface area (Å²) in [6, 6.07) is 0. The van der Waals surface area contributed by atoms with Crippen molar-refractivity contribution < 1.29 is 4.79 Å². The third kappa shape index (κ3) is 2.58. The number of aryl methyl sites for hydroxylation is 2. The van der Waals surface area contributed by atoms with Crippen LogP contribution in [-0.4, -0.2) is 57.2 Å². The fraction of sp³-hybridized carbons (Fsp3) is 0.429. The van der Waals surface area contributed by atoms with E-state index in [9.17, 15) is 4.79 Å². The first-order valence-electron chi connectivity index (χ1n) is 6.98. The lowest BCUT2D eigenvalue weighted by Crippen LogP contribution is -2.49. The zero-order valence-corrected chi connectivity index (χ0v) is 12.2. The molecule has 0 atom stereocenters. The van der Waals surface area contributed by atoms with Gasteiger partial charge in [-0.2, -0.15) is 5.10 Å². The van der Waals surface area contributed by atoms with Gasteiger partial charge in [-0.1, -0.05) is 0 Å². The highest BCUT2D eigenvalue weighted by atomic mass is 16.2. The van der Waals surface area contributed by atoms with Crippen LogP contribution in [0.3, 0.4) is 0 Å². The lowest BCUT2D eigenvalue weighted by atomic mass is 10.2. The van der Waals surface area contributed by atoms with Crippen LogP contribution in [-0.2, 0) is 0 Å². The molecule has 7 heteroatoms. The van der Waals surface area contributed by atoms with Crippen molar-refractivity contribution in [1.82, 2.24) is 25.1 Å². The van der Waals surface area contributed by atoms with Gasteiger partial charge in [-0.15, -0.1) is 0 Å². The lowest BCUT2D eigenvalue weighted by Gasteiger charge is -2.36. The fourth-order valence-corrected chi connectivity index (χ4v) is 2.72. The highest BCUT2D eigenvalue weighted by Crippen LogP contribution is 2.23. The van der Waals surface area contributed by atoms with Crippen LogP contribution in [0.2, 0.25) is 0 Å². The summed E-state index contributed by atoms with van der Waals surface area (Å²) in [7, 11) is 0. The maximum Gasteiger partial charge on any atom is 0.274 e. The molecule has 0 spiro atoms. The summed E-state index contributed by atoms with van der Waals surface area (Å²) < 4.78 is 0. The molecular weight excluding hydrogens is 268 g/mol. The van der Waals surface area contributed by atoms with Gasteiger partial charge in [0.05, 0.1) is 23.3 Å². The second-order valence-electron chi connectivity index (χ2n) is 5.15. The van der Waals surface area contributed by atoms with E-state index < -0.39 is 0 Å². The Morgan fingerprint density at radius 3 is 2.52 bits per heavy atom. The molecule has 3 heterocycles. The summed E-state index contributed by atoms with van der Waals surface area (Å²) in [6.45, 7) is 6.97. The molecule has 7 nitrogen and oxygen atoms in total. The van der Waals surface area contributed by atoms with Gasteiger partial charge in [0.1, 0.15) is 5.69 Å². The maximum atomic E-state index is 12.3. The number of amides is 1. The molecule has 2 aromatic rings. The number of nitrogens with one attached hydrogen (secondary N) is 1. The number of piperazine rings is 1. The molecule has 1 saturated heterocycles. The molecule has 0 bridgehead atoms. The third-order valence-corrected chi connectivity index (χ3v) is 3.75. The summed E-state index contributed by atoms with van der Waals surface area (Å²) in [5, 5.41) is 7.23. The average molecular weight is 286 g/mol. The Labute approximate surface area is 123 Å². The van der Waals surface area contributed by atoms with E-state index in [2.05, 4.69) is 25.1 Å². The van der Waals surface area contributed by atoms with E-state index in [-0.39, 0.29) is 5.91 Å². The molecule has 0 radical (unpaired) electrons. The van der Waals surface area contributed by atoms with Crippen molar-refractivity contribution >= 4 is 11.6 Å². The van der Waals surface area contributed by atoms with Crippen molar-refractivity contribution in [2.24, 2.45) is 0 Å². The van der Waals surface area contributed by atoms with Gasteiger partial charge in [-0.25, -0.2) is 4.98 Å². The van der Waals surface area contributed by atoms with E-state index in [1.54, 1.807) is 12.4 Å².